The van der Waals surface area contributed by atoms with Gasteiger partial charge in [-0.05, 0) is 95.1 Å². The number of aliphatic carboxylic acids is 2. The molecule has 4 aliphatic heterocycles. The maximum absolute atomic E-state index is 15.3. The highest BCUT2D eigenvalue weighted by molar-refractivity contribution is 8.76. The van der Waals surface area contributed by atoms with Gasteiger partial charge in [0, 0.05) is 50.7 Å². The Morgan fingerprint density at radius 1 is 0.660 bits per heavy atom. The summed E-state index contributed by atoms with van der Waals surface area (Å²) in [7, 11) is 1.66. The summed E-state index contributed by atoms with van der Waals surface area (Å²) < 4.78 is 0. The average Bonchev–Trinajstić information content (AvgIpc) is 1.62. The standard InChI is InChI=1S/C67H106N18O19S2/c1-6-36(3)52-61(98)78-44(57(94)75-41(29-39-17-9-8-10-18-39)62(99)83-26-14-20-46(83)59(96)76-42(66(103)104)30-51(90)91)34-105-106-35-45(77-55(92)40(73-49(88)31-69)19-13-24-72-67(70)71)58(95)81-54(38(5)87)64(101)82(25-12-11-23-68)32-50(89)74-43(33-86)56(93)80-53(37(4)7-2)65(102)85-28-16-22-48(85)63(100)84-27-15-21-47(84)60(97)79-52/h8-10,17-18,36-38,40-48,52-54,86-87H,6-7,11-16,19-35,68-69H2,1-5H3,(H,73,88)(H,74,89)(H,75,94)(H,76,96)(H,77,92)(H,78,98)(H,79,97)(H,80,93)(H,81,95)(H,90,91)(H,103,104)(H4,70,71,72)/t36-,37-,38+,40-,41-,42-,43-,44-,45-,46-,47-,48-,52-,53-,54-/m0/s1. The van der Waals surface area contributed by atoms with Crippen molar-refractivity contribution < 1.29 is 92.3 Å². The first kappa shape index (κ1) is 87.7. The molecule has 4 aliphatic rings. The minimum Gasteiger partial charge on any atom is -0.481 e. The Balaban J connectivity index is 1.66. The van der Waals surface area contributed by atoms with E-state index in [1.807, 2.05) is 0 Å². The largest absolute Gasteiger partial charge is 0.481 e. The lowest BCUT2D eigenvalue weighted by Crippen LogP contribution is -2.62. The van der Waals surface area contributed by atoms with Crippen molar-refractivity contribution in [2.24, 2.45) is 39.8 Å². The van der Waals surface area contributed by atoms with Gasteiger partial charge in [-0.2, -0.15) is 0 Å². The molecule has 106 heavy (non-hydrogen) atoms. The third-order valence-electron chi connectivity index (χ3n) is 19.0. The monoisotopic (exact) mass is 1530 g/mol. The third kappa shape index (κ3) is 26.0. The third-order valence-corrected chi connectivity index (χ3v) is 21.4. The summed E-state index contributed by atoms with van der Waals surface area (Å²) in [4.78, 5) is 221. The van der Waals surface area contributed by atoms with Gasteiger partial charge in [0.05, 0.1) is 32.2 Å². The summed E-state index contributed by atoms with van der Waals surface area (Å²) in [6.07, 6.45) is -0.710. The number of hydrogen-bond acceptors (Lipinski definition) is 22. The van der Waals surface area contributed by atoms with E-state index >= 15 is 14.4 Å². The van der Waals surface area contributed by atoms with E-state index in [2.05, 4.69) is 52.8 Å². The van der Waals surface area contributed by atoms with Crippen molar-refractivity contribution in [3.05, 3.63) is 35.9 Å². The van der Waals surface area contributed by atoms with Crippen molar-refractivity contribution in [1.29, 1.82) is 0 Å². The molecule has 4 saturated heterocycles. The first-order valence-corrected chi connectivity index (χ1v) is 38.3. The van der Waals surface area contributed by atoms with E-state index in [9.17, 15) is 78.0 Å². The summed E-state index contributed by atoms with van der Waals surface area (Å²) in [5, 5.41) is 64.3. The summed E-state index contributed by atoms with van der Waals surface area (Å²) in [5.74, 6) is -17.3. The van der Waals surface area contributed by atoms with Gasteiger partial charge in [-0.25, -0.2) is 4.79 Å². The summed E-state index contributed by atoms with van der Waals surface area (Å²) >= 11 is 0. The van der Waals surface area contributed by atoms with Crippen molar-refractivity contribution in [2.75, 3.05) is 70.5 Å². The second-order valence-corrected chi connectivity index (χ2v) is 29.4. The second kappa shape index (κ2) is 43.6. The number of amides is 13. The van der Waals surface area contributed by atoms with E-state index in [1.54, 1.807) is 58.0 Å². The highest BCUT2D eigenvalue weighted by atomic mass is 33.1. The smallest absolute Gasteiger partial charge is 0.326 e. The highest BCUT2D eigenvalue weighted by Gasteiger charge is 2.47. The lowest BCUT2D eigenvalue weighted by atomic mass is 9.96. The second-order valence-electron chi connectivity index (χ2n) is 26.8. The van der Waals surface area contributed by atoms with Crippen LogP contribution >= 0.6 is 21.6 Å². The summed E-state index contributed by atoms with van der Waals surface area (Å²) in [5.41, 5.74) is 23.0. The van der Waals surface area contributed by atoms with Gasteiger partial charge in [0.1, 0.15) is 72.5 Å². The van der Waals surface area contributed by atoms with E-state index in [-0.39, 0.29) is 103 Å². The number of benzene rings is 1. The number of likely N-dealkylation sites (tertiary alicyclic amines) is 1. The van der Waals surface area contributed by atoms with Gasteiger partial charge in [-0.15, -0.1) is 0 Å². The van der Waals surface area contributed by atoms with Crippen LogP contribution in [0.3, 0.4) is 0 Å². The molecule has 0 aromatic heterocycles. The Morgan fingerprint density at radius 2 is 1.27 bits per heavy atom. The Labute approximate surface area is 622 Å². The van der Waals surface area contributed by atoms with Gasteiger partial charge in [-0.1, -0.05) is 92.5 Å². The fourth-order valence-electron chi connectivity index (χ4n) is 12.6. The molecule has 39 heteroatoms. The predicted octanol–water partition coefficient (Wildman–Crippen LogP) is -5.44. The number of nitrogens with two attached hydrogens (primary N) is 4. The van der Waals surface area contributed by atoms with Crippen LogP contribution in [0.25, 0.3) is 0 Å². The van der Waals surface area contributed by atoms with Crippen LogP contribution in [0, 0.1) is 11.8 Å². The summed E-state index contributed by atoms with van der Waals surface area (Å²) in [6.45, 7) is 5.54. The fourth-order valence-corrected chi connectivity index (χ4v) is 15.0. The first-order valence-electron chi connectivity index (χ1n) is 35.8. The fraction of sp³-hybridized carbons (Fsp3) is 0.672. The number of aliphatic hydroxyl groups is 2. The first-order chi connectivity index (χ1) is 50.4. The molecule has 4 fully saturated rings. The van der Waals surface area contributed by atoms with E-state index in [4.69, 9.17) is 22.9 Å². The van der Waals surface area contributed by atoms with Crippen LogP contribution in [-0.2, 0) is 78.3 Å². The Bertz CT molecular complexity index is 3280. The van der Waals surface area contributed by atoms with Crippen LogP contribution in [-0.4, -0.2) is 284 Å². The molecule has 0 spiro atoms. The number of aliphatic imine (C=N–C) groups is 1. The van der Waals surface area contributed by atoms with Crippen molar-refractivity contribution in [3.63, 3.8) is 0 Å². The van der Waals surface area contributed by atoms with Crippen molar-refractivity contribution >= 4 is 116 Å². The number of fused-ring (bicyclic) bond motifs is 2. The molecule has 1 aromatic carbocycles. The van der Waals surface area contributed by atoms with Gasteiger partial charge in [0.2, 0.25) is 76.8 Å². The molecule has 4 heterocycles. The van der Waals surface area contributed by atoms with Crippen LogP contribution in [0.15, 0.2) is 35.3 Å². The SMILES string of the molecule is CC[C@H](C)[C@@H]1NC(=O)[C@@H]2CCCN2C(=O)[C@@H]2CCCN2C(=O)[C@H]([C@@H](C)CC)NC(=O)[C@H](CO)NC(=O)CN(CCCCN)C(=O)[C@H]([C@@H](C)O)NC(=O)[C@@H](NC(=O)[C@H](CCCN=C(N)N)NC(=O)CN)CSSC[C@@H](C(=O)N[C@@H](Cc2ccccc2)C(=O)N2CCC[C@H]2C(=O)N[C@@H](CC(=O)O)C(=O)O)NC1=O. The molecule has 15 atom stereocenters. The highest BCUT2D eigenvalue weighted by Crippen LogP contribution is 2.29. The lowest BCUT2D eigenvalue weighted by Gasteiger charge is -2.35. The van der Waals surface area contributed by atoms with Gasteiger partial charge in [0.15, 0.2) is 5.96 Å². The molecule has 13 amide bonds. The number of carbonyl (C=O) groups excluding carboxylic acids is 13. The van der Waals surface area contributed by atoms with Crippen LogP contribution in [0.2, 0.25) is 0 Å². The zero-order valence-corrected chi connectivity index (χ0v) is 62.1. The van der Waals surface area contributed by atoms with Crippen LogP contribution in [0.5, 0.6) is 0 Å². The van der Waals surface area contributed by atoms with E-state index in [0.717, 1.165) is 38.3 Å². The van der Waals surface area contributed by atoms with Gasteiger partial charge in [0.25, 0.3) is 0 Å². The number of nitrogens with zero attached hydrogens (tertiary/aromatic N) is 5. The number of rotatable bonds is 28. The number of aliphatic hydroxyl groups excluding tert-OH is 2. The number of carboxylic acids is 2. The average molecular weight is 1530 g/mol. The number of carbonyl (C=O) groups is 15. The van der Waals surface area contributed by atoms with Crippen molar-refractivity contribution in [1.82, 2.24) is 67.5 Å². The molecule has 0 unspecified atom stereocenters. The zero-order chi connectivity index (χ0) is 78.5. The predicted molar refractivity (Wildman–Crippen MR) is 388 cm³/mol. The van der Waals surface area contributed by atoms with Gasteiger partial charge < -0.3 is 111 Å². The molecular weight excluding hydrogens is 1420 g/mol. The normalized spacial score (nSPS) is 24.6. The number of carboxylic acid groups (broad SMARTS) is 2. The van der Waals surface area contributed by atoms with E-state index in [0.29, 0.717) is 31.2 Å². The molecule has 5 rings (SSSR count). The molecule has 590 valence electrons. The maximum Gasteiger partial charge on any atom is 0.326 e. The van der Waals surface area contributed by atoms with Crippen LogP contribution in [0.4, 0.5) is 0 Å². The van der Waals surface area contributed by atoms with E-state index < -0.39 is 217 Å². The molecular formula is C67H106N18O19S2. The topological polar surface area (TPSA) is 575 Å². The molecule has 0 aliphatic carbocycles. The van der Waals surface area contributed by atoms with Gasteiger partial charge >= 0.3 is 11.9 Å². The number of hydrogen-bond donors (Lipinski definition) is 17. The zero-order valence-electron chi connectivity index (χ0n) is 60.5. The molecule has 21 N–H and O–H groups in total. The molecule has 1 aromatic rings. The molecule has 0 radical (unpaired) electrons. The molecule has 0 bridgehead atoms. The maximum atomic E-state index is 15.3. The quantitative estimate of drug-likeness (QED) is 0.0161. The minimum atomic E-state index is -1.90. The Kier molecular flexibility index (Phi) is 36.1. The Morgan fingerprint density at radius 3 is 1.89 bits per heavy atom. The minimum absolute atomic E-state index is 0.00998. The molecule has 0 saturated carbocycles. The molecule has 37 nitrogen and oxygen atoms in total. The lowest BCUT2D eigenvalue weighted by molar-refractivity contribution is -0.149. The van der Waals surface area contributed by atoms with Crippen molar-refractivity contribution in [3.8, 4) is 0 Å². The van der Waals surface area contributed by atoms with E-state index in [1.165, 1.54) is 9.80 Å². The van der Waals surface area contributed by atoms with Crippen LogP contribution < -0.4 is 70.8 Å². The van der Waals surface area contributed by atoms with Crippen molar-refractivity contribution in [2.45, 2.75) is 203 Å². The Hall–Kier alpha value is -8.92. The van der Waals surface area contributed by atoms with Gasteiger partial charge in [-0.3, -0.25) is 72.1 Å². The summed E-state index contributed by atoms with van der Waals surface area (Å²) in [6, 6.07) is -9.90. The van der Waals surface area contributed by atoms with Crippen LogP contribution in [0.1, 0.15) is 124 Å². The number of unbranched alkanes of at least 4 members (excludes halogenated alkanes) is 1. The number of guanidine groups is 1. The number of nitrogens with one attached hydrogen (secondary N) is 9.